The fraction of sp³-hybridized carbons (Fsp3) is 0. The molecule has 9 heteroatoms. The van der Waals surface area contributed by atoms with Gasteiger partial charge in [-0.15, -0.1) is 0 Å². The number of rotatable bonds is 1. The third kappa shape index (κ3) is 21.5. The summed E-state index contributed by atoms with van der Waals surface area (Å²) in [5, 5.41) is 37.5. The molecule has 0 saturated carbocycles. The summed E-state index contributed by atoms with van der Waals surface area (Å²) in [5.41, 5.74) is 15.1. The summed E-state index contributed by atoms with van der Waals surface area (Å²) in [5.74, 6) is 0. The Morgan fingerprint density at radius 2 is 0.556 bits per heavy atom. The summed E-state index contributed by atoms with van der Waals surface area (Å²) in [6, 6.07) is 15.6. The van der Waals surface area contributed by atoms with Gasteiger partial charge in [0.1, 0.15) is 0 Å². The smallest absolute Gasteiger partial charge is 0.512 e. The zero-order valence-corrected chi connectivity index (χ0v) is 14.9. The molecule has 0 bridgehead atoms. The molecule has 132 valence electrons. The van der Waals surface area contributed by atoms with Crippen molar-refractivity contribution in [2.45, 2.75) is 0 Å². The number of nitrogens with two attached hydrogens (primary N) is 2. The third-order valence-electron chi connectivity index (χ3n) is 2.15. The van der Waals surface area contributed by atoms with E-state index in [9.17, 15) is 0 Å². The van der Waals surface area contributed by atoms with E-state index in [4.69, 9.17) is 82.5 Å². The third-order valence-corrected chi connectivity index (χ3v) is 2.15. The van der Waals surface area contributed by atoms with Gasteiger partial charge in [0.2, 0.25) is 0 Å². The van der Waals surface area contributed by atoms with Gasteiger partial charge in [0.05, 0.1) is 0 Å². The molecular formula is C18H12FeN8. The molecular weight excluding hydrogens is 384 g/mol. The number of anilines is 2. The average molecular weight is 396 g/mol. The van der Waals surface area contributed by atoms with Crippen LogP contribution in [0.5, 0.6) is 0 Å². The molecule has 2 rings (SSSR count). The number of nitrogen functional groups attached to an aromatic ring is 2. The molecule has 4 N–H and O–H groups in total. The van der Waals surface area contributed by atoms with E-state index < -0.39 is 0 Å². The Morgan fingerprint density at radius 1 is 0.407 bits per heavy atom. The van der Waals surface area contributed by atoms with Crippen molar-refractivity contribution >= 4 is 11.4 Å². The molecule has 0 aliphatic rings. The standard InChI is InChI=1S/C12H12N2.6CN.Fe/c13-11-5-1-9(2-6-11)10-3-7-12(14)8-4-10;6*1-2;/h1-8H,13-14H2;;;;;;;/q;6*-1;+6. The second-order valence-electron chi connectivity index (χ2n) is 3.24. The van der Waals surface area contributed by atoms with Gasteiger partial charge in [-0.05, 0) is 35.4 Å². The summed E-state index contributed by atoms with van der Waals surface area (Å²) < 4.78 is 0. The monoisotopic (exact) mass is 396 g/mol. The first-order valence-corrected chi connectivity index (χ1v) is 5.81. The largest absolute Gasteiger partial charge is 6.00 e. The Labute approximate surface area is 170 Å². The molecule has 2 aromatic rings. The molecule has 0 radical (unpaired) electrons. The van der Waals surface area contributed by atoms with Crippen molar-refractivity contribution in [2.24, 2.45) is 0 Å². The molecule has 0 fully saturated rings. The topological polar surface area (TPSA) is 195 Å². The quantitative estimate of drug-likeness (QED) is 0.416. The first kappa shape index (κ1) is 38.2. The van der Waals surface area contributed by atoms with Gasteiger partial charge in [0.25, 0.3) is 0 Å². The van der Waals surface area contributed by atoms with Crippen molar-refractivity contribution in [1.82, 2.24) is 0 Å². The van der Waals surface area contributed by atoms with Crippen molar-refractivity contribution < 1.29 is 17.1 Å². The Hall–Kier alpha value is -4.50. The van der Waals surface area contributed by atoms with Crippen LogP contribution in [0.1, 0.15) is 0 Å². The van der Waals surface area contributed by atoms with Crippen LogP contribution in [0, 0.1) is 71.0 Å². The van der Waals surface area contributed by atoms with Crippen LogP contribution >= 0.6 is 0 Å². The van der Waals surface area contributed by atoms with Crippen molar-refractivity contribution in [2.75, 3.05) is 11.5 Å². The molecule has 0 heterocycles. The molecule has 0 spiro atoms. The van der Waals surface area contributed by atoms with Crippen molar-refractivity contribution in [3.63, 3.8) is 0 Å². The van der Waals surface area contributed by atoms with E-state index in [0.29, 0.717) is 0 Å². The van der Waals surface area contributed by atoms with E-state index in [1.807, 2.05) is 48.5 Å². The fourth-order valence-corrected chi connectivity index (χ4v) is 1.35. The minimum absolute atomic E-state index is 0. The van der Waals surface area contributed by atoms with Crippen LogP contribution in [0.25, 0.3) is 11.1 Å². The summed E-state index contributed by atoms with van der Waals surface area (Å²) in [6.45, 7) is 28.5. The molecule has 0 saturated heterocycles. The zero-order valence-electron chi connectivity index (χ0n) is 13.8. The zero-order chi connectivity index (χ0) is 22.0. The van der Waals surface area contributed by atoms with Crippen LogP contribution in [0.3, 0.4) is 0 Å². The van der Waals surface area contributed by atoms with Crippen LogP contribution in [-0.4, -0.2) is 0 Å². The van der Waals surface area contributed by atoms with Crippen LogP contribution in [0.2, 0.25) is 0 Å². The molecule has 8 nitrogen and oxygen atoms in total. The molecule has 27 heavy (non-hydrogen) atoms. The van der Waals surface area contributed by atoms with Gasteiger partial charge in [0.15, 0.2) is 0 Å². The second kappa shape index (κ2) is 37.6. The van der Waals surface area contributed by atoms with E-state index in [-0.39, 0.29) is 17.1 Å². The normalized spacial score (nSPS) is 5.63. The van der Waals surface area contributed by atoms with Gasteiger partial charge in [-0.1, -0.05) is 24.3 Å². The maximum atomic E-state index is 6.25. The predicted octanol–water partition coefficient (Wildman–Crippen LogP) is 3.09. The minimum atomic E-state index is 0. The summed E-state index contributed by atoms with van der Waals surface area (Å²) in [6.07, 6.45) is 0. The number of nitrogens with zero attached hydrogens (tertiary/aromatic N) is 6. The van der Waals surface area contributed by atoms with Crippen LogP contribution in [0.4, 0.5) is 11.4 Å². The Balaban J connectivity index is -0.0000000732. The van der Waals surface area contributed by atoms with Crippen molar-refractivity contribution in [3.05, 3.63) is 88.0 Å². The van der Waals surface area contributed by atoms with Gasteiger partial charge in [-0.3, -0.25) is 0 Å². The van der Waals surface area contributed by atoms with Crippen LogP contribution in [-0.2, 0) is 17.1 Å². The summed E-state index contributed by atoms with van der Waals surface area (Å²) in [7, 11) is 0. The van der Waals surface area contributed by atoms with E-state index >= 15 is 0 Å². The Morgan fingerprint density at radius 3 is 0.704 bits per heavy atom. The average Bonchev–Trinajstić information content (AvgIpc) is 2.78. The SMILES string of the molecule is Nc1ccc(-c2ccc(N)cc2)cc1.[C-]#N.[C-]#N.[C-]#N.[C-]#N.[C-]#N.[C-]#N.[Fe+6]. The van der Waals surface area contributed by atoms with Crippen molar-refractivity contribution in [3.8, 4) is 11.1 Å². The van der Waals surface area contributed by atoms with Crippen LogP contribution < -0.4 is 11.5 Å². The second-order valence-corrected chi connectivity index (χ2v) is 3.24. The molecule has 0 aliphatic heterocycles. The fourth-order valence-electron chi connectivity index (χ4n) is 1.35. The van der Waals surface area contributed by atoms with Gasteiger partial charge in [-0.2, -0.15) is 0 Å². The van der Waals surface area contributed by atoms with Gasteiger partial charge >= 0.3 is 17.1 Å². The number of hydrogen-bond donors (Lipinski definition) is 2. The molecule has 0 atom stereocenters. The number of hydrogen-bond acceptors (Lipinski definition) is 8. The Bertz CT molecular complexity index is 575. The first-order chi connectivity index (χ1) is 12.8. The van der Waals surface area contributed by atoms with Crippen LogP contribution in [0.15, 0.2) is 48.5 Å². The minimum Gasteiger partial charge on any atom is -0.512 e. The van der Waals surface area contributed by atoms with E-state index in [2.05, 4.69) is 0 Å². The molecule has 0 unspecified atom stereocenters. The first-order valence-electron chi connectivity index (χ1n) is 5.81. The van der Waals surface area contributed by atoms with Gasteiger partial charge in [-0.25, -0.2) is 0 Å². The van der Waals surface area contributed by atoms with Crippen molar-refractivity contribution in [1.29, 1.82) is 31.6 Å². The summed E-state index contributed by atoms with van der Waals surface area (Å²) >= 11 is 0. The maximum absolute atomic E-state index is 6.25. The Kier molecular flexibility index (Phi) is 53.2. The summed E-state index contributed by atoms with van der Waals surface area (Å²) in [4.78, 5) is 0. The molecule has 0 aromatic heterocycles. The molecule has 0 aliphatic carbocycles. The van der Waals surface area contributed by atoms with Gasteiger partial charge in [0, 0.05) is 11.4 Å². The maximum Gasteiger partial charge on any atom is 6.00 e. The molecule has 2 aromatic carbocycles. The van der Waals surface area contributed by atoms with E-state index in [1.54, 1.807) is 0 Å². The van der Waals surface area contributed by atoms with E-state index in [1.165, 1.54) is 0 Å². The number of benzene rings is 2. The van der Waals surface area contributed by atoms with E-state index in [0.717, 1.165) is 22.5 Å². The van der Waals surface area contributed by atoms with Gasteiger partial charge < -0.3 is 82.5 Å². The predicted molar refractivity (Wildman–Crippen MR) is 90.5 cm³/mol. The molecule has 0 amide bonds.